The van der Waals surface area contributed by atoms with Gasteiger partial charge in [0, 0.05) is 12.2 Å². The van der Waals surface area contributed by atoms with Crippen molar-refractivity contribution in [1.29, 1.82) is 0 Å². The van der Waals surface area contributed by atoms with Crippen LogP contribution in [0.2, 0.25) is 0 Å². The average molecular weight is 352 g/mol. The maximum Gasteiger partial charge on any atom is 0.331 e. The maximum absolute atomic E-state index is 12.6. The number of rotatable bonds is 8. The number of urea groups is 1. The number of carbonyl (C=O) groups excluding carboxylic acids is 2. The molecule has 1 atom stereocenters. The van der Waals surface area contributed by atoms with E-state index >= 15 is 0 Å². The van der Waals surface area contributed by atoms with E-state index in [4.69, 9.17) is 0 Å². The van der Waals surface area contributed by atoms with Gasteiger partial charge in [0.25, 0.3) is 5.91 Å². The van der Waals surface area contributed by atoms with Gasteiger partial charge in [0.2, 0.25) is 0 Å². The summed E-state index contributed by atoms with van der Waals surface area (Å²) >= 11 is 0. The third kappa shape index (κ3) is 4.72. The van der Waals surface area contributed by atoms with Gasteiger partial charge in [-0.05, 0) is 43.4 Å². The van der Waals surface area contributed by atoms with Crippen molar-refractivity contribution in [3.8, 4) is 0 Å². The average Bonchev–Trinajstić information content (AvgIpc) is 2.92. The van der Waals surface area contributed by atoms with Gasteiger partial charge < -0.3 is 0 Å². The zero-order valence-corrected chi connectivity index (χ0v) is 15.9. The topological polar surface area (TPSA) is 40.6 Å². The van der Waals surface area contributed by atoms with Crippen molar-refractivity contribution in [2.24, 2.45) is 0 Å². The predicted octanol–water partition coefficient (Wildman–Crippen LogP) is 5.05. The van der Waals surface area contributed by atoms with E-state index in [-0.39, 0.29) is 18.5 Å². The summed E-state index contributed by atoms with van der Waals surface area (Å²) in [6.45, 7) is 10.5. The summed E-state index contributed by atoms with van der Waals surface area (Å²) in [6.07, 6.45) is 9.30. The van der Waals surface area contributed by atoms with Crippen molar-refractivity contribution in [2.45, 2.75) is 39.5 Å². The number of benzene rings is 1. The molecular formula is C22H28N2O2. The number of anilines is 1. The van der Waals surface area contributed by atoms with Gasteiger partial charge in [-0.25, -0.2) is 4.79 Å². The molecular weight excluding hydrogens is 324 g/mol. The number of imide groups is 1. The molecule has 26 heavy (non-hydrogen) atoms. The molecule has 1 unspecified atom stereocenters. The molecule has 4 nitrogen and oxygen atoms in total. The van der Waals surface area contributed by atoms with Gasteiger partial charge in [-0.1, -0.05) is 62.4 Å². The second-order valence-electron chi connectivity index (χ2n) is 6.65. The van der Waals surface area contributed by atoms with E-state index in [1.54, 1.807) is 11.0 Å². The van der Waals surface area contributed by atoms with Crippen LogP contribution in [-0.2, 0) is 4.79 Å². The van der Waals surface area contributed by atoms with Gasteiger partial charge in [-0.2, -0.15) is 0 Å². The first kappa shape index (κ1) is 19.7. The molecule has 2 rings (SSSR count). The summed E-state index contributed by atoms with van der Waals surface area (Å²) < 4.78 is 0. The first-order valence-corrected chi connectivity index (χ1v) is 9.15. The number of amides is 3. The van der Waals surface area contributed by atoms with Crippen LogP contribution in [0, 0.1) is 0 Å². The van der Waals surface area contributed by atoms with Crippen LogP contribution in [0.3, 0.4) is 0 Å². The Morgan fingerprint density at radius 1 is 1.27 bits per heavy atom. The molecule has 0 saturated carbocycles. The van der Waals surface area contributed by atoms with Gasteiger partial charge in [0.05, 0.1) is 0 Å². The minimum Gasteiger partial charge on any atom is -0.285 e. The van der Waals surface area contributed by atoms with Crippen LogP contribution < -0.4 is 4.90 Å². The van der Waals surface area contributed by atoms with Crippen LogP contribution >= 0.6 is 0 Å². The summed E-state index contributed by atoms with van der Waals surface area (Å²) in [5.41, 5.74) is 3.11. The molecule has 1 saturated heterocycles. The molecule has 0 bridgehead atoms. The summed E-state index contributed by atoms with van der Waals surface area (Å²) in [7, 11) is 0. The van der Waals surface area contributed by atoms with Gasteiger partial charge >= 0.3 is 6.03 Å². The van der Waals surface area contributed by atoms with E-state index < -0.39 is 0 Å². The van der Waals surface area contributed by atoms with Crippen molar-refractivity contribution in [1.82, 2.24) is 4.90 Å². The third-order valence-corrected chi connectivity index (χ3v) is 4.72. The number of nitrogens with zero attached hydrogens (tertiary/aromatic N) is 2. The lowest BCUT2D eigenvalue weighted by Gasteiger charge is -2.18. The normalized spacial score (nSPS) is 16.7. The standard InChI is InChI=1S/C22H28N2O2/c1-5-9-17(3)10-7-8-15-23-21(25)16-24(22(23)26)20-13-11-19(12-14-20)18(4)6-2/h5,7,9-14,18H,1,6,8,15-16H2,2-4H3/b10-7-,17-9-. The van der Waals surface area contributed by atoms with Crippen molar-refractivity contribution in [2.75, 3.05) is 18.0 Å². The molecule has 1 heterocycles. The van der Waals surface area contributed by atoms with Crippen LogP contribution in [0.1, 0.15) is 45.1 Å². The quantitative estimate of drug-likeness (QED) is 0.485. The largest absolute Gasteiger partial charge is 0.331 e. The Morgan fingerprint density at radius 3 is 2.58 bits per heavy atom. The van der Waals surface area contributed by atoms with Gasteiger partial charge in [-0.15, -0.1) is 0 Å². The molecule has 1 aliphatic heterocycles. The minimum absolute atomic E-state index is 0.112. The Hall–Kier alpha value is -2.62. The molecule has 0 aromatic heterocycles. The third-order valence-electron chi connectivity index (χ3n) is 4.72. The van der Waals surface area contributed by atoms with E-state index in [1.165, 1.54) is 10.5 Å². The molecule has 0 spiro atoms. The Bertz CT molecular complexity index is 716. The Morgan fingerprint density at radius 2 is 1.96 bits per heavy atom. The summed E-state index contributed by atoms with van der Waals surface area (Å²) in [5.74, 6) is 0.342. The highest BCUT2D eigenvalue weighted by molar-refractivity contribution is 6.12. The highest BCUT2D eigenvalue weighted by atomic mass is 16.2. The second kappa shape index (κ2) is 9.18. The van der Waals surface area contributed by atoms with E-state index in [9.17, 15) is 9.59 Å². The zero-order chi connectivity index (χ0) is 19.1. The Labute approximate surface area is 156 Å². The highest BCUT2D eigenvalue weighted by Gasteiger charge is 2.36. The fourth-order valence-electron chi connectivity index (χ4n) is 2.90. The SMILES string of the molecule is C=C/C=C(C)\C=C/CCN1C(=O)CN(c2ccc(C(C)CC)cc2)C1=O. The van der Waals surface area contributed by atoms with Crippen molar-refractivity contribution >= 4 is 17.6 Å². The fourth-order valence-corrected chi connectivity index (χ4v) is 2.90. The first-order valence-electron chi connectivity index (χ1n) is 9.15. The smallest absolute Gasteiger partial charge is 0.285 e. The van der Waals surface area contributed by atoms with Crippen molar-refractivity contribution < 1.29 is 9.59 Å². The number of hydrogen-bond donors (Lipinski definition) is 0. The molecule has 1 aromatic carbocycles. The van der Waals surface area contributed by atoms with Gasteiger partial charge in [0.1, 0.15) is 6.54 Å². The molecule has 138 valence electrons. The summed E-state index contributed by atoms with van der Waals surface area (Å²) in [6, 6.07) is 7.71. The lowest BCUT2D eigenvalue weighted by molar-refractivity contribution is -0.124. The Balaban J connectivity index is 1.99. The summed E-state index contributed by atoms with van der Waals surface area (Å²) in [4.78, 5) is 27.7. The van der Waals surface area contributed by atoms with Crippen LogP contribution in [0.25, 0.3) is 0 Å². The van der Waals surface area contributed by atoms with Gasteiger partial charge in [0.15, 0.2) is 0 Å². The molecule has 1 aliphatic rings. The molecule has 1 aromatic rings. The molecule has 1 fully saturated rings. The maximum atomic E-state index is 12.6. The lowest BCUT2D eigenvalue weighted by Crippen LogP contribution is -2.33. The number of allylic oxidation sites excluding steroid dienone is 4. The van der Waals surface area contributed by atoms with Crippen LogP contribution in [0.5, 0.6) is 0 Å². The number of hydrogen-bond acceptors (Lipinski definition) is 2. The van der Waals surface area contributed by atoms with Gasteiger partial charge in [-0.3, -0.25) is 14.6 Å². The highest BCUT2D eigenvalue weighted by Crippen LogP contribution is 2.25. The molecule has 4 heteroatoms. The van der Waals surface area contributed by atoms with Crippen LogP contribution in [-0.4, -0.2) is 29.9 Å². The number of carbonyl (C=O) groups is 2. The zero-order valence-electron chi connectivity index (χ0n) is 15.9. The van der Waals surface area contributed by atoms with E-state index in [1.807, 2.05) is 49.4 Å². The van der Waals surface area contributed by atoms with E-state index in [2.05, 4.69) is 20.4 Å². The Kier molecular flexibility index (Phi) is 6.96. The van der Waals surface area contributed by atoms with E-state index in [0.29, 0.717) is 18.9 Å². The molecule has 3 amide bonds. The van der Waals surface area contributed by atoms with Crippen LogP contribution in [0.15, 0.2) is 60.7 Å². The second-order valence-corrected chi connectivity index (χ2v) is 6.65. The van der Waals surface area contributed by atoms with Crippen molar-refractivity contribution in [3.63, 3.8) is 0 Å². The molecule has 0 aliphatic carbocycles. The minimum atomic E-state index is -0.238. The monoisotopic (exact) mass is 352 g/mol. The molecule has 0 N–H and O–H groups in total. The lowest BCUT2D eigenvalue weighted by atomic mass is 9.98. The predicted molar refractivity (Wildman–Crippen MR) is 107 cm³/mol. The van der Waals surface area contributed by atoms with Crippen LogP contribution in [0.4, 0.5) is 10.5 Å². The first-order chi connectivity index (χ1) is 12.5. The van der Waals surface area contributed by atoms with Crippen molar-refractivity contribution in [3.05, 3.63) is 66.3 Å². The fraction of sp³-hybridized carbons (Fsp3) is 0.364. The molecule has 0 radical (unpaired) electrons. The summed E-state index contributed by atoms with van der Waals surface area (Å²) in [5, 5.41) is 0. The van der Waals surface area contributed by atoms with E-state index in [0.717, 1.165) is 17.7 Å².